The van der Waals surface area contributed by atoms with Crippen molar-refractivity contribution in [2.45, 2.75) is 6.92 Å². The summed E-state index contributed by atoms with van der Waals surface area (Å²) in [5, 5.41) is 3.92. The lowest BCUT2D eigenvalue weighted by molar-refractivity contribution is -0.123. The van der Waals surface area contributed by atoms with E-state index in [-0.39, 0.29) is 19.1 Å². The van der Waals surface area contributed by atoms with Gasteiger partial charge in [0.05, 0.1) is 18.9 Å². The van der Waals surface area contributed by atoms with Crippen LogP contribution in [0.3, 0.4) is 0 Å². The number of amides is 1. The average molecular weight is 462 g/mol. The molecule has 0 fully saturated rings. The minimum absolute atomic E-state index is 0.116. The van der Waals surface area contributed by atoms with Crippen LogP contribution in [0.4, 0.5) is 0 Å². The van der Waals surface area contributed by atoms with Gasteiger partial charge in [0.25, 0.3) is 5.91 Å². The fourth-order valence-electron chi connectivity index (χ4n) is 3.10. The molecule has 9 heteroatoms. The molecule has 4 rings (SSSR count). The molecule has 0 aliphatic carbocycles. The molecule has 1 N–H and O–H groups in total. The van der Waals surface area contributed by atoms with Gasteiger partial charge in [-0.15, -0.1) is 0 Å². The van der Waals surface area contributed by atoms with E-state index < -0.39 is 11.9 Å². The van der Waals surface area contributed by atoms with Gasteiger partial charge in [-0.3, -0.25) is 4.79 Å². The Morgan fingerprint density at radius 2 is 1.88 bits per heavy atom. The van der Waals surface area contributed by atoms with Gasteiger partial charge in [-0.1, -0.05) is 12.1 Å². The topological polar surface area (TPSA) is 105 Å². The quantitative estimate of drug-likeness (QED) is 0.237. The van der Waals surface area contributed by atoms with Gasteiger partial charge >= 0.3 is 5.97 Å². The lowest BCUT2D eigenvalue weighted by Gasteiger charge is -2.10. The van der Waals surface area contributed by atoms with Gasteiger partial charge < -0.3 is 23.7 Å². The summed E-state index contributed by atoms with van der Waals surface area (Å²) < 4.78 is 26.8. The number of carbonyl (C=O) groups excluding carboxylic acids is 2. The highest BCUT2D eigenvalue weighted by Gasteiger charge is 2.18. The molecule has 174 valence electrons. The molecule has 0 saturated heterocycles. The molecule has 1 heterocycles. The number of carbonyl (C=O) groups is 2. The third-order valence-electron chi connectivity index (χ3n) is 4.76. The van der Waals surface area contributed by atoms with Crippen molar-refractivity contribution in [3.8, 4) is 28.7 Å². The summed E-state index contributed by atoms with van der Waals surface area (Å²) in [7, 11) is 1.46. The molecule has 0 unspecified atom stereocenters. The molecule has 1 aliphatic heterocycles. The number of nitrogens with one attached hydrogen (secondary N) is 1. The third kappa shape index (κ3) is 5.63. The maximum Gasteiger partial charge on any atom is 0.343 e. The molecular formula is C25H22N2O7. The summed E-state index contributed by atoms with van der Waals surface area (Å²) in [5.41, 5.74) is 4.37. The lowest BCUT2D eigenvalue weighted by Crippen LogP contribution is -2.24. The number of methoxy groups -OCH3 is 1. The van der Waals surface area contributed by atoms with E-state index >= 15 is 0 Å². The Hall–Kier alpha value is -4.53. The standard InChI is InChI=1S/C25H22N2O7/c1-16-4-3-5-19(10-16)31-14-24(28)27-26-13-17-6-8-21(22(11-17)30-2)34-25(29)18-7-9-20-23(12-18)33-15-32-20/h3-13H,14-15H2,1-2H3,(H,27,28)/b26-13-. The van der Waals surface area contributed by atoms with Crippen molar-refractivity contribution >= 4 is 18.1 Å². The van der Waals surface area contributed by atoms with Crippen LogP contribution < -0.4 is 29.1 Å². The third-order valence-corrected chi connectivity index (χ3v) is 4.76. The van der Waals surface area contributed by atoms with Crippen LogP contribution >= 0.6 is 0 Å². The van der Waals surface area contributed by atoms with Crippen LogP contribution in [0.25, 0.3) is 0 Å². The molecule has 0 spiro atoms. The minimum Gasteiger partial charge on any atom is -0.493 e. The van der Waals surface area contributed by atoms with Crippen LogP contribution in [0.2, 0.25) is 0 Å². The van der Waals surface area contributed by atoms with Crippen LogP contribution in [0, 0.1) is 6.92 Å². The number of hydrogen-bond donors (Lipinski definition) is 1. The summed E-state index contributed by atoms with van der Waals surface area (Å²) >= 11 is 0. The maximum absolute atomic E-state index is 12.5. The van der Waals surface area contributed by atoms with E-state index in [2.05, 4.69) is 10.5 Å². The van der Waals surface area contributed by atoms with Crippen LogP contribution in [-0.4, -0.2) is 38.6 Å². The fourth-order valence-corrected chi connectivity index (χ4v) is 3.10. The normalized spacial score (nSPS) is 11.8. The molecule has 0 radical (unpaired) electrons. The molecule has 1 aliphatic rings. The van der Waals surface area contributed by atoms with E-state index in [1.807, 2.05) is 25.1 Å². The monoisotopic (exact) mass is 462 g/mol. The predicted molar refractivity (Wildman–Crippen MR) is 123 cm³/mol. The van der Waals surface area contributed by atoms with Crippen molar-refractivity contribution in [2.24, 2.45) is 5.10 Å². The Morgan fingerprint density at radius 3 is 2.71 bits per heavy atom. The average Bonchev–Trinajstić information content (AvgIpc) is 3.31. The first-order valence-corrected chi connectivity index (χ1v) is 10.3. The molecule has 1 amide bonds. The van der Waals surface area contributed by atoms with Crippen LogP contribution in [-0.2, 0) is 4.79 Å². The van der Waals surface area contributed by atoms with Crippen LogP contribution in [0.1, 0.15) is 21.5 Å². The number of nitrogens with zero attached hydrogens (tertiary/aromatic N) is 1. The highest BCUT2D eigenvalue weighted by atomic mass is 16.7. The molecule has 0 atom stereocenters. The van der Waals surface area contributed by atoms with Crippen LogP contribution in [0.5, 0.6) is 28.7 Å². The summed E-state index contributed by atoms with van der Waals surface area (Å²) in [4.78, 5) is 24.5. The van der Waals surface area contributed by atoms with Crippen LogP contribution in [0.15, 0.2) is 65.8 Å². The highest BCUT2D eigenvalue weighted by molar-refractivity contribution is 5.92. The van der Waals surface area contributed by atoms with Gasteiger partial charge in [0.15, 0.2) is 29.6 Å². The number of ether oxygens (including phenoxy) is 5. The molecule has 34 heavy (non-hydrogen) atoms. The van der Waals surface area contributed by atoms with Gasteiger partial charge in [0.2, 0.25) is 6.79 Å². The van der Waals surface area contributed by atoms with Gasteiger partial charge in [-0.25, -0.2) is 10.2 Å². The second-order valence-electron chi connectivity index (χ2n) is 7.27. The molecule has 0 bridgehead atoms. The Bertz CT molecular complexity index is 1240. The SMILES string of the molecule is COc1cc(/C=N\NC(=O)COc2cccc(C)c2)ccc1OC(=O)c1ccc2c(c1)OCO2. The molecule has 0 saturated carbocycles. The first kappa shape index (κ1) is 22.7. The van der Waals surface area contributed by atoms with Crippen molar-refractivity contribution in [3.63, 3.8) is 0 Å². The first-order valence-electron chi connectivity index (χ1n) is 10.3. The van der Waals surface area contributed by atoms with Gasteiger partial charge in [0.1, 0.15) is 5.75 Å². The highest BCUT2D eigenvalue weighted by Crippen LogP contribution is 2.33. The Morgan fingerprint density at radius 1 is 1.03 bits per heavy atom. The number of benzene rings is 3. The summed E-state index contributed by atoms with van der Waals surface area (Å²) in [5.74, 6) is 1.25. The zero-order chi connectivity index (χ0) is 23.9. The largest absolute Gasteiger partial charge is 0.493 e. The van der Waals surface area contributed by atoms with Gasteiger partial charge in [-0.2, -0.15) is 5.10 Å². The maximum atomic E-state index is 12.5. The second-order valence-corrected chi connectivity index (χ2v) is 7.27. The molecule has 3 aromatic rings. The molecular weight excluding hydrogens is 440 g/mol. The minimum atomic E-state index is -0.570. The Kier molecular flexibility index (Phi) is 6.92. The van der Waals surface area contributed by atoms with E-state index in [9.17, 15) is 9.59 Å². The number of fused-ring (bicyclic) bond motifs is 1. The molecule has 0 aromatic heterocycles. The van der Waals surface area contributed by atoms with E-state index in [1.165, 1.54) is 13.3 Å². The van der Waals surface area contributed by atoms with Gasteiger partial charge in [0, 0.05) is 0 Å². The van der Waals surface area contributed by atoms with E-state index in [4.69, 9.17) is 23.7 Å². The van der Waals surface area contributed by atoms with E-state index in [1.54, 1.807) is 42.5 Å². The van der Waals surface area contributed by atoms with Crippen molar-refractivity contribution in [3.05, 3.63) is 77.4 Å². The Labute approximate surface area is 195 Å². The van der Waals surface area contributed by atoms with Crippen molar-refractivity contribution < 1.29 is 33.3 Å². The van der Waals surface area contributed by atoms with Crippen molar-refractivity contribution in [2.75, 3.05) is 20.5 Å². The smallest absolute Gasteiger partial charge is 0.343 e. The molecule has 3 aromatic carbocycles. The van der Waals surface area contributed by atoms with Crippen molar-refractivity contribution in [1.29, 1.82) is 0 Å². The zero-order valence-corrected chi connectivity index (χ0v) is 18.6. The first-order chi connectivity index (χ1) is 16.5. The summed E-state index contributed by atoms with van der Waals surface area (Å²) in [6, 6.07) is 17.1. The number of aryl methyl sites for hydroxylation is 1. The van der Waals surface area contributed by atoms with Gasteiger partial charge in [-0.05, 0) is 66.6 Å². The van der Waals surface area contributed by atoms with E-state index in [0.717, 1.165) is 5.56 Å². The van der Waals surface area contributed by atoms with E-state index in [0.29, 0.717) is 34.1 Å². The summed E-state index contributed by atoms with van der Waals surface area (Å²) in [6.45, 7) is 1.89. The molecule has 9 nitrogen and oxygen atoms in total. The number of hydrazone groups is 1. The number of esters is 1. The van der Waals surface area contributed by atoms with Crippen molar-refractivity contribution in [1.82, 2.24) is 5.43 Å². The Balaban J connectivity index is 1.33. The summed E-state index contributed by atoms with van der Waals surface area (Å²) in [6.07, 6.45) is 1.44. The second kappa shape index (κ2) is 10.4. The fraction of sp³-hybridized carbons (Fsp3) is 0.160. The predicted octanol–water partition coefficient (Wildman–Crippen LogP) is 3.48. The lowest BCUT2D eigenvalue weighted by atomic mass is 10.2. The number of hydrogen-bond acceptors (Lipinski definition) is 8. The zero-order valence-electron chi connectivity index (χ0n) is 18.6. The number of rotatable bonds is 8.